The van der Waals surface area contributed by atoms with Gasteiger partial charge in [-0.3, -0.25) is 0 Å². The first-order valence-electron chi connectivity index (χ1n) is 6.31. The lowest BCUT2D eigenvalue weighted by molar-refractivity contribution is 0.226. The van der Waals surface area contributed by atoms with Crippen molar-refractivity contribution in [2.24, 2.45) is 5.92 Å². The van der Waals surface area contributed by atoms with Gasteiger partial charge in [0.15, 0.2) is 11.6 Å². The monoisotopic (exact) mass is 253 g/mol. The number of hydrogen-bond acceptors (Lipinski definition) is 5. The number of anilines is 2. The van der Waals surface area contributed by atoms with Gasteiger partial charge >= 0.3 is 0 Å². The first-order valence-corrected chi connectivity index (χ1v) is 6.31. The van der Waals surface area contributed by atoms with Crippen molar-refractivity contribution in [1.29, 1.82) is 0 Å². The molecule has 0 unspecified atom stereocenters. The zero-order valence-corrected chi connectivity index (χ0v) is 10.9. The topological polar surface area (TPSA) is 53.1 Å². The summed E-state index contributed by atoms with van der Waals surface area (Å²) in [7, 11) is 3.85. The SMILES string of the molecule is CNc1ncc(F)c(NCC2CCN(C)CC2)n1. The predicted molar refractivity (Wildman–Crippen MR) is 70.2 cm³/mol. The van der Waals surface area contributed by atoms with Gasteiger partial charge in [-0.15, -0.1) is 0 Å². The molecule has 1 aromatic rings. The van der Waals surface area contributed by atoms with Crippen molar-refractivity contribution in [1.82, 2.24) is 14.9 Å². The summed E-state index contributed by atoms with van der Waals surface area (Å²) in [6.45, 7) is 2.99. The molecular weight excluding hydrogens is 233 g/mol. The molecule has 2 rings (SSSR count). The van der Waals surface area contributed by atoms with E-state index in [0.717, 1.165) is 32.5 Å². The maximum atomic E-state index is 13.5. The number of nitrogens with zero attached hydrogens (tertiary/aromatic N) is 3. The van der Waals surface area contributed by atoms with Crippen LogP contribution < -0.4 is 10.6 Å². The number of hydrogen-bond donors (Lipinski definition) is 2. The van der Waals surface area contributed by atoms with E-state index in [2.05, 4.69) is 32.5 Å². The highest BCUT2D eigenvalue weighted by atomic mass is 19.1. The van der Waals surface area contributed by atoms with E-state index in [1.54, 1.807) is 7.05 Å². The zero-order valence-electron chi connectivity index (χ0n) is 10.9. The molecular formula is C12H20FN5. The molecule has 1 saturated heterocycles. The summed E-state index contributed by atoms with van der Waals surface area (Å²) in [5.41, 5.74) is 0. The van der Waals surface area contributed by atoms with E-state index < -0.39 is 5.82 Å². The van der Waals surface area contributed by atoms with Gasteiger partial charge in [0.1, 0.15) is 0 Å². The van der Waals surface area contributed by atoms with Gasteiger partial charge in [-0.1, -0.05) is 0 Å². The van der Waals surface area contributed by atoms with Gasteiger partial charge in [-0.25, -0.2) is 9.37 Å². The normalized spacial score (nSPS) is 17.7. The van der Waals surface area contributed by atoms with Gasteiger partial charge in [0.2, 0.25) is 5.95 Å². The summed E-state index contributed by atoms with van der Waals surface area (Å²) in [6.07, 6.45) is 3.49. The fourth-order valence-corrected chi connectivity index (χ4v) is 2.12. The Labute approximate surface area is 107 Å². The second kappa shape index (κ2) is 5.95. The molecule has 0 radical (unpaired) electrons. The van der Waals surface area contributed by atoms with E-state index in [1.807, 2.05) is 0 Å². The molecule has 1 fully saturated rings. The van der Waals surface area contributed by atoms with E-state index in [0.29, 0.717) is 11.9 Å². The fourth-order valence-electron chi connectivity index (χ4n) is 2.12. The molecule has 1 aliphatic heterocycles. The van der Waals surface area contributed by atoms with Crippen molar-refractivity contribution >= 4 is 11.8 Å². The molecule has 1 aromatic heterocycles. The molecule has 1 aliphatic rings. The van der Waals surface area contributed by atoms with Gasteiger partial charge in [0.25, 0.3) is 0 Å². The Bertz CT molecular complexity index is 390. The molecule has 6 heteroatoms. The summed E-state index contributed by atoms with van der Waals surface area (Å²) >= 11 is 0. The second-order valence-electron chi connectivity index (χ2n) is 4.77. The molecule has 0 aliphatic carbocycles. The molecule has 18 heavy (non-hydrogen) atoms. The minimum absolute atomic E-state index is 0.285. The van der Waals surface area contributed by atoms with E-state index in [1.165, 1.54) is 6.20 Å². The molecule has 0 spiro atoms. The lowest BCUT2D eigenvalue weighted by Gasteiger charge is -2.29. The van der Waals surface area contributed by atoms with Crippen LogP contribution in [-0.4, -0.2) is 48.6 Å². The quantitative estimate of drug-likeness (QED) is 0.849. The van der Waals surface area contributed by atoms with Crippen LogP contribution in [0, 0.1) is 11.7 Å². The number of halogens is 1. The van der Waals surface area contributed by atoms with Gasteiger partial charge in [-0.05, 0) is 38.9 Å². The molecule has 100 valence electrons. The van der Waals surface area contributed by atoms with Crippen LogP contribution in [0.4, 0.5) is 16.2 Å². The molecule has 0 saturated carbocycles. The minimum Gasteiger partial charge on any atom is -0.367 e. The summed E-state index contributed by atoms with van der Waals surface area (Å²) in [4.78, 5) is 10.2. The summed E-state index contributed by atoms with van der Waals surface area (Å²) in [5.74, 6) is 0.908. The highest BCUT2D eigenvalue weighted by Crippen LogP contribution is 2.18. The van der Waals surface area contributed by atoms with Crippen molar-refractivity contribution in [2.75, 3.05) is 44.4 Å². The highest BCUT2D eigenvalue weighted by molar-refractivity contribution is 5.40. The predicted octanol–water partition coefficient (Wildman–Crippen LogP) is 1.41. The van der Waals surface area contributed by atoms with E-state index in [4.69, 9.17) is 0 Å². The highest BCUT2D eigenvalue weighted by Gasteiger charge is 2.17. The summed E-state index contributed by atoms with van der Waals surface area (Å²) in [6, 6.07) is 0. The number of likely N-dealkylation sites (tertiary alicyclic amines) is 1. The van der Waals surface area contributed by atoms with Gasteiger partial charge in [-0.2, -0.15) is 4.98 Å². The van der Waals surface area contributed by atoms with Crippen LogP contribution in [0.1, 0.15) is 12.8 Å². The Hall–Kier alpha value is -1.43. The van der Waals surface area contributed by atoms with Crippen LogP contribution in [-0.2, 0) is 0 Å². The number of piperidine rings is 1. The molecule has 0 aromatic carbocycles. The van der Waals surface area contributed by atoms with Crippen LogP contribution in [0.3, 0.4) is 0 Å². The zero-order chi connectivity index (χ0) is 13.0. The molecule has 0 bridgehead atoms. The minimum atomic E-state index is -0.401. The Morgan fingerprint density at radius 2 is 2.17 bits per heavy atom. The Kier molecular flexibility index (Phi) is 4.30. The van der Waals surface area contributed by atoms with Crippen LogP contribution in [0.5, 0.6) is 0 Å². The third-order valence-corrected chi connectivity index (χ3v) is 3.36. The number of rotatable bonds is 4. The van der Waals surface area contributed by atoms with Crippen molar-refractivity contribution < 1.29 is 4.39 Å². The lowest BCUT2D eigenvalue weighted by Crippen LogP contribution is -2.33. The molecule has 0 amide bonds. The van der Waals surface area contributed by atoms with E-state index in [9.17, 15) is 4.39 Å². The third-order valence-electron chi connectivity index (χ3n) is 3.36. The molecule has 2 N–H and O–H groups in total. The van der Waals surface area contributed by atoms with Crippen LogP contribution in [0.15, 0.2) is 6.20 Å². The summed E-state index contributed by atoms with van der Waals surface area (Å²) < 4.78 is 13.5. The summed E-state index contributed by atoms with van der Waals surface area (Å²) in [5, 5.41) is 5.89. The lowest BCUT2D eigenvalue weighted by atomic mass is 9.97. The van der Waals surface area contributed by atoms with Crippen LogP contribution in [0.25, 0.3) is 0 Å². The maximum Gasteiger partial charge on any atom is 0.224 e. The van der Waals surface area contributed by atoms with Gasteiger partial charge < -0.3 is 15.5 Å². The molecule has 0 atom stereocenters. The number of aromatic nitrogens is 2. The largest absolute Gasteiger partial charge is 0.367 e. The van der Waals surface area contributed by atoms with Crippen molar-refractivity contribution in [3.05, 3.63) is 12.0 Å². The first-order chi connectivity index (χ1) is 8.69. The van der Waals surface area contributed by atoms with Crippen LogP contribution >= 0.6 is 0 Å². The van der Waals surface area contributed by atoms with E-state index >= 15 is 0 Å². The Balaban J connectivity index is 1.89. The van der Waals surface area contributed by atoms with Gasteiger partial charge in [0.05, 0.1) is 6.20 Å². The molecule has 5 nitrogen and oxygen atoms in total. The average molecular weight is 253 g/mol. The fraction of sp³-hybridized carbons (Fsp3) is 0.667. The van der Waals surface area contributed by atoms with Crippen LogP contribution in [0.2, 0.25) is 0 Å². The Morgan fingerprint density at radius 3 is 2.83 bits per heavy atom. The smallest absolute Gasteiger partial charge is 0.224 e. The number of nitrogens with one attached hydrogen (secondary N) is 2. The maximum absolute atomic E-state index is 13.5. The van der Waals surface area contributed by atoms with E-state index in [-0.39, 0.29) is 5.82 Å². The van der Waals surface area contributed by atoms with Crippen molar-refractivity contribution in [3.63, 3.8) is 0 Å². The third kappa shape index (κ3) is 3.29. The Morgan fingerprint density at radius 1 is 1.44 bits per heavy atom. The van der Waals surface area contributed by atoms with Crippen molar-refractivity contribution in [2.45, 2.75) is 12.8 Å². The first kappa shape index (κ1) is 13.0. The van der Waals surface area contributed by atoms with Crippen molar-refractivity contribution in [3.8, 4) is 0 Å². The van der Waals surface area contributed by atoms with Gasteiger partial charge in [0, 0.05) is 13.6 Å². The standard InChI is InChI=1S/C12H20FN5/c1-14-12-16-8-10(13)11(17-12)15-7-9-3-5-18(2)6-4-9/h8-9H,3-7H2,1-2H3,(H2,14,15,16,17). The molecule has 2 heterocycles. The second-order valence-corrected chi connectivity index (χ2v) is 4.77. The average Bonchev–Trinajstić information content (AvgIpc) is 2.40.